The fraction of sp³-hybridized carbons (Fsp3) is 0.200. The zero-order valence-electron chi connectivity index (χ0n) is 8.19. The molecular formula is C10H10N2O3. The van der Waals surface area contributed by atoms with E-state index in [1.807, 2.05) is 5.32 Å². The second-order valence-corrected chi connectivity index (χ2v) is 2.62. The summed E-state index contributed by atoms with van der Waals surface area (Å²) >= 11 is 0. The van der Waals surface area contributed by atoms with Crippen molar-refractivity contribution in [2.75, 3.05) is 13.7 Å². The predicted octanol–water partition coefficient (Wildman–Crippen LogP) is 0.671. The van der Waals surface area contributed by atoms with E-state index >= 15 is 0 Å². The van der Waals surface area contributed by atoms with Crippen molar-refractivity contribution < 1.29 is 14.3 Å². The first-order chi connectivity index (χ1) is 7.26. The van der Waals surface area contributed by atoms with Crippen LogP contribution in [0.4, 0.5) is 0 Å². The molecule has 0 saturated carbocycles. The van der Waals surface area contributed by atoms with E-state index in [4.69, 9.17) is 14.7 Å². The lowest BCUT2D eigenvalue weighted by Crippen LogP contribution is -2.24. The number of hydrogen-bond acceptors (Lipinski definition) is 4. The summed E-state index contributed by atoms with van der Waals surface area (Å²) < 4.78 is 10.1. The first-order valence-electron chi connectivity index (χ1n) is 4.21. The van der Waals surface area contributed by atoms with Crippen molar-refractivity contribution in [1.29, 1.82) is 5.26 Å². The van der Waals surface area contributed by atoms with Gasteiger partial charge in [-0.1, -0.05) is 0 Å². The highest BCUT2D eigenvalue weighted by molar-refractivity contribution is 5.78. The standard InChI is InChI=1S/C10H10N2O3/c1-14-8-2-4-9(5-3-8)15-6-10(13)12-7-11/h2-5H,6H2,1H3,(H,12,13). The van der Waals surface area contributed by atoms with E-state index in [1.165, 1.54) is 6.19 Å². The van der Waals surface area contributed by atoms with Crippen molar-refractivity contribution >= 4 is 5.91 Å². The van der Waals surface area contributed by atoms with Crippen LogP contribution in [0.25, 0.3) is 0 Å². The van der Waals surface area contributed by atoms with E-state index in [0.29, 0.717) is 11.5 Å². The van der Waals surface area contributed by atoms with Crippen LogP contribution in [-0.2, 0) is 4.79 Å². The fourth-order valence-electron chi connectivity index (χ4n) is 0.919. The maximum atomic E-state index is 10.9. The molecule has 0 aliphatic rings. The molecule has 15 heavy (non-hydrogen) atoms. The van der Waals surface area contributed by atoms with Crippen molar-refractivity contribution in [2.45, 2.75) is 0 Å². The minimum atomic E-state index is -0.478. The van der Waals surface area contributed by atoms with Gasteiger partial charge in [-0.3, -0.25) is 10.1 Å². The van der Waals surface area contributed by atoms with E-state index in [1.54, 1.807) is 31.4 Å². The number of amides is 1. The number of methoxy groups -OCH3 is 1. The molecule has 1 amide bonds. The van der Waals surface area contributed by atoms with E-state index in [0.717, 1.165) is 0 Å². The van der Waals surface area contributed by atoms with Crippen LogP contribution in [0.2, 0.25) is 0 Å². The Morgan fingerprint density at radius 1 is 1.40 bits per heavy atom. The second-order valence-electron chi connectivity index (χ2n) is 2.62. The van der Waals surface area contributed by atoms with Gasteiger partial charge in [0.05, 0.1) is 7.11 Å². The Kier molecular flexibility index (Phi) is 3.98. The minimum Gasteiger partial charge on any atom is -0.497 e. The van der Waals surface area contributed by atoms with Crippen LogP contribution < -0.4 is 14.8 Å². The molecule has 1 aromatic carbocycles. The molecule has 0 fully saturated rings. The highest BCUT2D eigenvalue weighted by Crippen LogP contribution is 2.16. The maximum absolute atomic E-state index is 10.9. The van der Waals surface area contributed by atoms with Crippen molar-refractivity contribution in [3.8, 4) is 17.7 Å². The van der Waals surface area contributed by atoms with Crippen molar-refractivity contribution in [2.24, 2.45) is 0 Å². The van der Waals surface area contributed by atoms with Gasteiger partial charge in [-0.05, 0) is 24.3 Å². The molecule has 0 atom stereocenters. The first-order valence-corrected chi connectivity index (χ1v) is 4.21. The molecule has 0 radical (unpaired) electrons. The van der Waals surface area contributed by atoms with Gasteiger partial charge in [0.1, 0.15) is 11.5 Å². The van der Waals surface area contributed by atoms with Gasteiger partial charge in [-0.15, -0.1) is 0 Å². The summed E-state index contributed by atoms with van der Waals surface area (Å²) in [6.45, 7) is -0.181. The van der Waals surface area contributed by atoms with Gasteiger partial charge in [0, 0.05) is 0 Å². The monoisotopic (exact) mass is 206 g/mol. The average molecular weight is 206 g/mol. The van der Waals surface area contributed by atoms with Crippen molar-refractivity contribution in [3.63, 3.8) is 0 Å². The van der Waals surface area contributed by atoms with Gasteiger partial charge in [-0.25, -0.2) is 0 Å². The fourth-order valence-corrected chi connectivity index (χ4v) is 0.919. The number of rotatable bonds is 4. The topological polar surface area (TPSA) is 71.3 Å². The molecule has 1 aromatic rings. The van der Waals surface area contributed by atoms with Gasteiger partial charge in [0.2, 0.25) is 0 Å². The Morgan fingerprint density at radius 3 is 2.53 bits per heavy atom. The van der Waals surface area contributed by atoms with Gasteiger partial charge in [-0.2, -0.15) is 5.26 Å². The van der Waals surface area contributed by atoms with Crippen LogP contribution in [0.1, 0.15) is 0 Å². The zero-order chi connectivity index (χ0) is 11.1. The molecule has 0 bridgehead atoms. The third kappa shape index (κ3) is 3.56. The highest BCUT2D eigenvalue weighted by Gasteiger charge is 2.01. The van der Waals surface area contributed by atoms with E-state index in [9.17, 15) is 4.79 Å². The normalized spacial score (nSPS) is 8.80. The molecular weight excluding hydrogens is 196 g/mol. The number of hydrogen-bond donors (Lipinski definition) is 1. The average Bonchev–Trinajstić information content (AvgIpc) is 2.27. The summed E-state index contributed by atoms with van der Waals surface area (Å²) in [6, 6.07) is 6.80. The first kappa shape index (κ1) is 10.9. The number of carbonyl (C=O) groups excluding carboxylic acids is 1. The van der Waals surface area contributed by atoms with Crippen LogP contribution in [0, 0.1) is 11.5 Å². The number of nitrogens with zero attached hydrogens (tertiary/aromatic N) is 1. The molecule has 0 aromatic heterocycles. The molecule has 0 aliphatic carbocycles. The van der Waals surface area contributed by atoms with E-state index < -0.39 is 5.91 Å². The number of ether oxygens (including phenoxy) is 2. The minimum absolute atomic E-state index is 0.181. The Hall–Kier alpha value is -2.22. The van der Waals surface area contributed by atoms with Crippen LogP contribution in [0.3, 0.4) is 0 Å². The predicted molar refractivity (Wildman–Crippen MR) is 52.2 cm³/mol. The van der Waals surface area contributed by atoms with Crippen LogP contribution in [0.5, 0.6) is 11.5 Å². The summed E-state index contributed by atoms with van der Waals surface area (Å²) in [5, 5.41) is 10.1. The lowest BCUT2D eigenvalue weighted by Gasteiger charge is -2.04. The number of benzene rings is 1. The molecule has 0 heterocycles. The molecule has 5 heteroatoms. The molecule has 0 unspecified atom stereocenters. The summed E-state index contributed by atoms with van der Waals surface area (Å²) in [5.41, 5.74) is 0. The summed E-state index contributed by atoms with van der Waals surface area (Å²) in [7, 11) is 1.57. The molecule has 0 saturated heterocycles. The lowest BCUT2D eigenvalue weighted by molar-refractivity contribution is -0.121. The van der Waals surface area contributed by atoms with Crippen molar-refractivity contribution in [1.82, 2.24) is 5.32 Å². The SMILES string of the molecule is COc1ccc(OCC(=O)NC#N)cc1. The quantitative estimate of drug-likeness (QED) is 0.580. The van der Waals surface area contributed by atoms with E-state index in [2.05, 4.69) is 0 Å². The Balaban J connectivity index is 2.45. The van der Waals surface area contributed by atoms with Gasteiger partial charge in [0.25, 0.3) is 5.91 Å². The Bertz CT molecular complexity index is 367. The molecule has 5 nitrogen and oxygen atoms in total. The molecule has 78 valence electrons. The molecule has 0 aliphatic heterocycles. The number of nitrogens with one attached hydrogen (secondary N) is 1. The zero-order valence-corrected chi connectivity index (χ0v) is 8.19. The highest BCUT2D eigenvalue weighted by atomic mass is 16.5. The van der Waals surface area contributed by atoms with Gasteiger partial charge < -0.3 is 9.47 Å². The Morgan fingerprint density at radius 2 is 2.00 bits per heavy atom. The number of carbonyl (C=O) groups is 1. The third-order valence-corrected chi connectivity index (χ3v) is 1.62. The van der Waals surface area contributed by atoms with Gasteiger partial charge in [0.15, 0.2) is 12.8 Å². The second kappa shape index (κ2) is 5.50. The smallest absolute Gasteiger partial charge is 0.270 e. The van der Waals surface area contributed by atoms with Crippen LogP contribution in [0.15, 0.2) is 24.3 Å². The molecule has 1 rings (SSSR count). The maximum Gasteiger partial charge on any atom is 0.270 e. The van der Waals surface area contributed by atoms with Crippen molar-refractivity contribution in [3.05, 3.63) is 24.3 Å². The van der Waals surface area contributed by atoms with Crippen LogP contribution >= 0.6 is 0 Å². The molecule has 1 N–H and O–H groups in total. The summed E-state index contributed by atoms with van der Waals surface area (Å²) in [6.07, 6.45) is 1.52. The third-order valence-electron chi connectivity index (χ3n) is 1.62. The van der Waals surface area contributed by atoms with Gasteiger partial charge >= 0.3 is 0 Å². The number of nitriles is 1. The molecule has 0 spiro atoms. The lowest BCUT2D eigenvalue weighted by atomic mass is 10.3. The summed E-state index contributed by atoms with van der Waals surface area (Å²) in [5.74, 6) is 0.779. The van der Waals surface area contributed by atoms with Crippen LogP contribution in [-0.4, -0.2) is 19.6 Å². The largest absolute Gasteiger partial charge is 0.497 e. The Labute approximate surface area is 87.2 Å². The summed E-state index contributed by atoms with van der Waals surface area (Å²) in [4.78, 5) is 10.9. The van der Waals surface area contributed by atoms with E-state index in [-0.39, 0.29) is 6.61 Å².